The number of anilines is 1. The summed E-state index contributed by atoms with van der Waals surface area (Å²) in [5.41, 5.74) is 6.16. The summed E-state index contributed by atoms with van der Waals surface area (Å²) in [7, 11) is 0. The van der Waals surface area contributed by atoms with Gasteiger partial charge in [0.05, 0.1) is 5.92 Å². The van der Waals surface area contributed by atoms with Gasteiger partial charge in [0.25, 0.3) is 0 Å². The molecule has 1 aliphatic rings. The minimum absolute atomic E-state index is 0.264. The molecule has 3 N–H and O–H groups in total. The van der Waals surface area contributed by atoms with Gasteiger partial charge in [-0.1, -0.05) is 30.3 Å². The Morgan fingerprint density at radius 3 is 2.77 bits per heavy atom. The second kappa shape index (κ2) is 6.10. The number of carbonyl (C=O) groups is 2. The van der Waals surface area contributed by atoms with Crippen LogP contribution in [0, 0.1) is 5.92 Å². The topological polar surface area (TPSA) is 101 Å². The molecule has 1 aromatic carbocycles. The highest BCUT2D eigenvalue weighted by atomic mass is 32.1. The number of hydrogen-bond donors (Lipinski definition) is 2. The fourth-order valence-electron chi connectivity index (χ4n) is 2.33. The molecule has 2 aromatic rings. The number of benzene rings is 1. The number of likely N-dealkylation sites (tertiary alicyclic amines) is 1. The summed E-state index contributed by atoms with van der Waals surface area (Å²) >= 11 is 1.13. The quantitative estimate of drug-likeness (QED) is 0.896. The van der Waals surface area contributed by atoms with E-state index in [4.69, 9.17) is 5.73 Å². The second-order valence-electron chi connectivity index (χ2n) is 5.05. The summed E-state index contributed by atoms with van der Waals surface area (Å²) in [4.78, 5) is 29.1. The van der Waals surface area contributed by atoms with Crippen LogP contribution in [0.5, 0.6) is 0 Å². The minimum Gasteiger partial charge on any atom is -0.369 e. The van der Waals surface area contributed by atoms with E-state index < -0.39 is 0 Å². The van der Waals surface area contributed by atoms with Crippen LogP contribution in [0.25, 0.3) is 11.4 Å². The first-order chi connectivity index (χ1) is 10.6. The highest BCUT2D eigenvalue weighted by Crippen LogP contribution is 2.22. The zero-order valence-corrected chi connectivity index (χ0v) is 12.5. The third-order valence-electron chi connectivity index (χ3n) is 3.55. The molecular weight excluding hydrogens is 302 g/mol. The summed E-state index contributed by atoms with van der Waals surface area (Å²) in [6.07, 6.45) is 0.605. The molecule has 0 spiro atoms. The van der Waals surface area contributed by atoms with Gasteiger partial charge in [-0.05, 0) is 6.42 Å². The zero-order chi connectivity index (χ0) is 15.5. The maximum atomic E-state index is 12.1. The molecule has 3 rings (SSSR count). The van der Waals surface area contributed by atoms with E-state index in [0.29, 0.717) is 30.5 Å². The molecular formula is C14H15N5O2S. The van der Waals surface area contributed by atoms with Gasteiger partial charge in [0.15, 0.2) is 5.82 Å². The molecule has 3 amide bonds. The van der Waals surface area contributed by atoms with Crippen molar-refractivity contribution in [2.24, 2.45) is 11.7 Å². The number of hydrogen-bond acceptors (Lipinski definition) is 5. The van der Waals surface area contributed by atoms with Crippen LogP contribution in [-0.2, 0) is 4.79 Å². The fraction of sp³-hybridized carbons (Fsp3) is 0.286. The molecule has 22 heavy (non-hydrogen) atoms. The van der Waals surface area contributed by atoms with E-state index >= 15 is 0 Å². The SMILES string of the molecule is NC(=O)[C@@H]1CCN(C(=O)Nc2nc(-c3ccccc3)ns2)C1. The lowest BCUT2D eigenvalue weighted by Gasteiger charge is -2.15. The van der Waals surface area contributed by atoms with Crippen molar-refractivity contribution in [1.29, 1.82) is 0 Å². The van der Waals surface area contributed by atoms with Crippen LogP contribution in [0.4, 0.5) is 9.93 Å². The van der Waals surface area contributed by atoms with Gasteiger partial charge in [-0.3, -0.25) is 10.1 Å². The summed E-state index contributed by atoms with van der Waals surface area (Å²) in [5.74, 6) is -0.0463. The summed E-state index contributed by atoms with van der Waals surface area (Å²) in [6, 6.07) is 9.27. The maximum absolute atomic E-state index is 12.1. The van der Waals surface area contributed by atoms with Crippen LogP contribution < -0.4 is 11.1 Å². The standard InChI is InChI=1S/C14H15N5O2S/c15-11(20)10-6-7-19(8-10)14(21)17-13-16-12(18-22-13)9-4-2-1-3-5-9/h1-5,10H,6-8H2,(H2,15,20)(H,16,17,18,21)/t10-/m1/s1. The van der Waals surface area contributed by atoms with Crippen molar-refractivity contribution in [3.05, 3.63) is 30.3 Å². The normalized spacial score (nSPS) is 17.5. The monoisotopic (exact) mass is 317 g/mol. The number of nitrogens with one attached hydrogen (secondary N) is 1. The van der Waals surface area contributed by atoms with E-state index in [-0.39, 0.29) is 17.9 Å². The van der Waals surface area contributed by atoms with Crippen molar-refractivity contribution in [3.63, 3.8) is 0 Å². The van der Waals surface area contributed by atoms with Crippen LogP contribution in [0.1, 0.15) is 6.42 Å². The van der Waals surface area contributed by atoms with Gasteiger partial charge in [0.2, 0.25) is 11.0 Å². The van der Waals surface area contributed by atoms with E-state index in [1.807, 2.05) is 30.3 Å². The second-order valence-corrected chi connectivity index (χ2v) is 5.81. The Morgan fingerprint density at radius 2 is 2.09 bits per heavy atom. The van der Waals surface area contributed by atoms with E-state index in [2.05, 4.69) is 14.7 Å². The van der Waals surface area contributed by atoms with Gasteiger partial charge >= 0.3 is 6.03 Å². The maximum Gasteiger partial charge on any atom is 0.323 e. The molecule has 0 radical (unpaired) electrons. The fourth-order valence-corrected chi connectivity index (χ4v) is 2.91. The number of aromatic nitrogens is 2. The Kier molecular flexibility index (Phi) is 4.01. The molecule has 114 valence electrons. The Balaban J connectivity index is 1.63. The smallest absolute Gasteiger partial charge is 0.323 e. The first kappa shape index (κ1) is 14.5. The summed E-state index contributed by atoms with van der Waals surface area (Å²) in [5, 5.41) is 3.15. The van der Waals surface area contributed by atoms with Crippen LogP contribution in [0.15, 0.2) is 30.3 Å². The van der Waals surface area contributed by atoms with Crippen LogP contribution >= 0.6 is 11.5 Å². The first-order valence-electron chi connectivity index (χ1n) is 6.88. The molecule has 0 saturated carbocycles. The molecule has 0 aliphatic carbocycles. The predicted octanol–water partition coefficient (Wildman–Crippen LogP) is 1.54. The van der Waals surface area contributed by atoms with E-state index in [1.165, 1.54) is 0 Å². The van der Waals surface area contributed by atoms with Crippen molar-refractivity contribution >= 4 is 28.6 Å². The van der Waals surface area contributed by atoms with Crippen LogP contribution in [-0.4, -0.2) is 39.3 Å². The largest absolute Gasteiger partial charge is 0.369 e. The van der Waals surface area contributed by atoms with Crippen LogP contribution in [0.2, 0.25) is 0 Å². The number of amides is 3. The van der Waals surface area contributed by atoms with E-state index in [1.54, 1.807) is 4.90 Å². The number of urea groups is 1. The number of carbonyl (C=O) groups excluding carboxylic acids is 2. The molecule has 0 bridgehead atoms. The molecule has 2 heterocycles. The Labute approximate surface area is 131 Å². The van der Waals surface area contributed by atoms with Gasteiger partial charge in [-0.2, -0.15) is 9.36 Å². The van der Waals surface area contributed by atoms with Gasteiger partial charge in [-0.15, -0.1) is 0 Å². The average Bonchev–Trinajstić information content (AvgIpc) is 3.17. The van der Waals surface area contributed by atoms with Gasteiger partial charge in [-0.25, -0.2) is 4.79 Å². The summed E-state index contributed by atoms with van der Waals surface area (Å²) in [6.45, 7) is 0.870. The van der Waals surface area contributed by atoms with E-state index in [0.717, 1.165) is 17.1 Å². The zero-order valence-electron chi connectivity index (χ0n) is 11.7. The van der Waals surface area contributed by atoms with Crippen LogP contribution in [0.3, 0.4) is 0 Å². The Bertz CT molecular complexity index is 688. The molecule has 8 heteroatoms. The van der Waals surface area contributed by atoms with E-state index in [9.17, 15) is 9.59 Å². The van der Waals surface area contributed by atoms with Crippen molar-refractivity contribution in [2.75, 3.05) is 18.4 Å². The van der Waals surface area contributed by atoms with Crippen molar-refractivity contribution in [2.45, 2.75) is 6.42 Å². The number of primary amides is 1. The van der Waals surface area contributed by atoms with Gasteiger partial charge in [0.1, 0.15) is 0 Å². The minimum atomic E-state index is -0.363. The third kappa shape index (κ3) is 3.06. The molecule has 7 nitrogen and oxygen atoms in total. The predicted molar refractivity (Wildman–Crippen MR) is 83.2 cm³/mol. The lowest BCUT2D eigenvalue weighted by molar-refractivity contribution is -0.121. The van der Waals surface area contributed by atoms with Crippen molar-refractivity contribution < 1.29 is 9.59 Å². The molecule has 1 saturated heterocycles. The number of nitrogens with two attached hydrogens (primary N) is 1. The molecule has 1 fully saturated rings. The average molecular weight is 317 g/mol. The molecule has 1 aromatic heterocycles. The lowest BCUT2D eigenvalue weighted by atomic mass is 10.1. The summed E-state index contributed by atoms with van der Waals surface area (Å²) < 4.78 is 4.23. The van der Waals surface area contributed by atoms with Crippen molar-refractivity contribution in [1.82, 2.24) is 14.3 Å². The lowest BCUT2D eigenvalue weighted by Crippen LogP contribution is -2.34. The highest BCUT2D eigenvalue weighted by Gasteiger charge is 2.30. The first-order valence-corrected chi connectivity index (χ1v) is 7.65. The molecule has 1 aliphatic heterocycles. The Morgan fingerprint density at radius 1 is 1.32 bits per heavy atom. The Hall–Kier alpha value is -2.48. The number of rotatable bonds is 3. The van der Waals surface area contributed by atoms with Crippen molar-refractivity contribution in [3.8, 4) is 11.4 Å². The third-order valence-corrected chi connectivity index (χ3v) is 4.18. The van der Waals surface area contributed by atoms with Gasteiger partial charge < -0.3 is 10.6 Å². The highest BCUT2D eigenvalue weighted by molar-refractivity contribution is 7.10. The number of nitrogens with zero attached hydrogens (tertiary/aromatic N) is 3. The van der Waals surface area contributed by atoms with Gasteiger partial charge in [0, 0.05) is 30.2 Å². The molecule has 0 unspecified atom stereocenters. The molecule has 1 atom stereocenters.